The van der Waals surface area contributed by atoms with Gasteiger partial charge in [0.25, 0.3) is 10.0 Å². The molecule has 0 bridgehead atoms. The number of hydrogen-bond donors (Lipinski definition) is 1. The second-order valence-electron chi connectivity index (χ2n) is 3.80. The van der Waals surface area contributed by atoms with E-state index >= 15 is 0 Å². The third kappa shape index (κ3) is 2.32. The van der Waals surface area contributed by atoms with Crippen LogP contribution < -0.4 is 5.32 Å². The molecule has 1 aromatic heterocycles. The van der Waals surface area contributed by atoms with Crippen LogP contribution in [0.15, 0.2) is 17.3 Å². The summed E-state index contributed by atoms with van der Waals surface area (Å²) in [6, 6.07) is 1.45. The van der Waals surface area contributed by atoms with Crippen molar-refractivity contribution in [1.29, 1.82) is 0 Å². The van der Waals surface area contributed by atoms with Crippen LogP contribution in [-0.2, 0) is 21.9 Å². The fraction of sp³-hybridized carbons (Fsp3) is 0.556. The van der Waals surface area contributed by atoms with E-state index in [1.54, 1.807) is 7.05 Å². The lowest BCUT2D eigenvalue weighted by Crippen LogP contribution is -2.35. The first-order chi connectivity index (χ1) is 8.01. The van der Waals surface area contributed by atoms with Crippen LogP contribution in [0.5, 0.6) is 0 Å². The third-order valence-corrected chi connectivity index (χ3v) is 4.63. The van der Waals surface area contributed by atoms with Gasteiger partial charge in [-0.15, -0.1) is 0 Å². The van der Waals surface area contributed by atoms with Gasteiger partial charge in [0.2, 0.25) is 5.91 Å². The van der Waals surface area contributed by atoms with Gasteiger partial charge in [0.05, 0.1) is 6.20 Å². The van der Waals surface area contributed by atoms with E-state index in [0.717, 1.165) is 0 Å². The van der Waals surface area contributed by atoms with Crippen LogP contribution in [0.3, 0.4) is 0 Å². The first kappa shape index (κ1) is 12.1. The zero-order chi connectivity index (χ0) is 12.5. The van der Waals surface area contributed by atoms with Gasteiger partial charge in [-0.25, -0.2) is 8.42 Å². The lowest BCUT2D eigenvalue weighted by atomic mass is 10.4. The number of aromatic nitrogens is 2. The summed E-state index contributed by atoms with van der Waals surface area (Å²) >= 11 is 0. The van der Waals surface area contributed by atoms with E-state index in [0.29, 0.717) is 13.1 Å². The molecule has 2 rings (SSSR count). The highest BCUT2D eigenvalue weighted by atomic mass is 32.2. The minimum atomic E-state index is -3.55. The summed E-state index contributed by atoms with van der Waals surface area (Å²) in [6.45, 7) is 0.842. The van der Waals surface area contributed by atoms with E-state index in [2.05, 4.69) is 10.4 Å². The van der Waals surface area contributed by atoms with E-state index in [1.807, 2.05) is 0 Å². The molecule has 1 amide bonds. The molecule has 0 aliphatic carbocycles. The molecule has 2 heterocycles. The quantitative estimate of drug-likeness (QED) is 0.732. The monoisotopic (exact) mass is 258 g/mol. The standard InChI is InChI=1S/C9H14N4O3S/c1-12-9(2-4-11-12)17(15,16)13-6-3-8(14)10-5-7-13/h2,4H,3,5-7H2,1H3,(H,10,14). The molecule has 0 unspecified atom stereocenters. The number of carbonyl (C=O) groups is 1. The van der Waals surface area contributed by atoms with Gasteiger partial charge in [-0.1, -0.05) is 0 Å². The Morgan fingerprint density at radius 2 is 2.18 bits per heavy atom. The molecule has 1 N–H and O–H groups in total. The number of sulfonamides is 1. The maximum absolute atomic E-state index is 12.3. The maximum atomic E-state index is 12.3. The molecule has 0 radical (unpaired) electrons. The Morgan fingerprint density at radius 1 is 1.41 bits per heavy atom. The van der Waals surface area contributed by atoms with E-state index in [4.69, 9.17) is 0 Å². The van der Waals surface area contributed by atoms with Crippen LogP contribution in [0, 0.1) is 0 Å². The summed E-state index contributed by atoms with van der Waals surface area (Å²) < 4.78 is 27.1. The van der Waals surface area contributed by atoms with E-state index in [-0.39, 0.29) is 23.9 Å². The van der Waals surface area contributed by atoms with E-state index in [1.165, 1.54) is 21.3 Å². The topological polar surface area (TPSA) is 84.3 Å². The predicted octanol–water partition coefficient (Wildman–Crippen LogP) is -1.07. The number of aryl methyl sites for hydroxylation is 1. The minimum Gasteiger partial charge on any atom is -0.355 e. The van der Waals surface area contributed by atoms with Crippen LogP contribution >= 0.6 is 0 Å². The van der Waals surface area contributed by atoms with Crippen LogP contribution in [0.2, 0.25) is 0 Å². The van der Waals surface area contributed by atoms with Crippen molar-refractivity contribution in [3.8, 4) is 0 Å². The van der Waals surface area contributed by atoms with Gasteiger partial charge in [-0.3, -0.25) is 9.48 Å². The van der Waals surface area contributed by atoms with Crippen molar-refractivity contribution in [2.24, 2.45) is 7.05 Å². The molecular formula is C9H14N4O3S. The number of nitrogens with zero attached hydrogens (tertiary/aromatic N) is 3. The van der Waals surface area contributed by atoms with Gasteiger partial charge in [0, 0.05) is 33.1 Å². The Labute approximate surface area is 99.5 Å². The molecule has 1 aromatic rings. The van der Waals surface area contributed by atoms with E-state index in [9.17, 15) is 13.2 Å². The molecule has 17 heavy (non-hydrogen) atoms. The highest BCUT2D eigenvalue weighted by Gasteiger charge is 2.28. The maximum Gasteiger partial charge on any atom is 0.260 e. The first-order valence-corrected chi connectivity index (χ1v) is 6.70. The van der Waals surface area contributed by atoms with E-state index < -0.39 is 10.0 Å². The summed E-state index contributed by atoms with van der Waals surface area (Å²) in [5, 5.41) is 6.63. The number of carbonyl (C=O) groups excluding carboxylic acids is 1. The van der Waals surface area contributed by atoms with Crippen LogP contribution in [0.1, 0.15) is 6.42 Å². The van der Waals surface area contributed by atoms with Gasteiger partial charge < -0.3 is 5.32 Å². The van der Waals surface area contributed by atoms with Crippen molar-refractivity contribution >= 4 is 15.9 Å². The van der Waals surface area contributed by atoms with Crippen molar-refractivity contribution < 1.29 is 13.2 Å². The average molecular weight is 258 g/mol. The zero-order valence-electron chi connectivity index (χ0n) is 9.46. The Balaban J connectivity index is 2.27. The molecule has 0 atom stereocenters. The summed E-state index contributed by atoms with van der Waals surface area (Å²) in [4.78, 5) is 11.2. The third-order valence-electron chi connectivity index (χ3n) is 2.65. The van der Waals surface area contributed by atoms with Gasteiger partial charge in [-0.2, -0.15) is 9.40 Å². The van der Waals surface area contributed by atoms with Gasteiger partial charge >= 0.3 is 0 Å². The number of rotatable bonds is 2. The molecule has 0 spiro atoms. The number of amides is 1. The first-order valence-electron chi connectivity index (χ1n) is 5.26. The Kier molecular flexibility index (Phi) is 3.16. The highest BCUT2D eigenvalue weighted by molar-refractivity contribution is 7.89. The molecule has 94 valence electrons. The lowest BCUT2D eigenvalue weighted by molar-refractivity contribution is -0.120. The van der Waals surface area contributed by atoms with Crippen molar-refractivity contribution in [3.63, 3.8) is 0 Å². The molecular weight excluding hydrogens is 244 g/mol. The summed E-state index contributed by atoms with van der Waals surface area (Å²) in [5.74, 6) is -0.118. The van der Waals surface area contributed by atoms with Crippen molar-refractivity contribution in [1.82, 2.24) is 19.4 Å². The van der Waals surface area contributed by atoms with Gasteiger partial charge in [-0.05, 0) is 6.07 Å². The smallest absolute Gasteiger partial charge is 0.260 e. The van der Waals surface area contributed by atoms with Crippen molar-refractivity contribution in [2.45, 2.75) is 11.4 Å². The lowest BCUT2D eigenvalue weighted by Gasteiger charge is -2.18. The Bertz CT molecular complexity index is 522. The Morgan fingerprint density at radius 3 is 2.82 bits per heavy atom. The summed E-state index contributed by atoms with van der Waals surface area (Å²) in [5.41, 5.74) is 0. The van der Waals surface area contributed by atoms with Crippen LogP contribution in [0.4, 0.5) is 0 Å². The molecule has 1 saturated heterocycles. The SMILES string of the molecule is Cn1nccc1S(=O)(=O)N1CCNC(=O)CC1. The Hall–Kier alpha value is -1.41. The minimum absolute atomic E-state index is 0.118. The molecule has 1 aliphatic rings. The van der Waals surface area contributed by atoms with Gasteiger partial charge in [0.15, 0.2) is 5.03 Å². The molecule has 0 aromatic carbocycles. The second kappa shape index (κ2) is 4.46. The predicted molar refractivity (Wildman–Crippen MR) is 59.6 cm³/mol. The normalized spacial score (nSPS) is 18.8. The molecule has 8 heteroatoms. The van der Waals surface area contributed by atoms with Gasteiger partial charge in [0.1, 0.15) is 0 Å². The van der Waals surface area contributed by atoms with Crippen molar-refractivity contribution in [3.05, 3.63) is 12.3 Å². The number of hydrogen-bond acceptors (Lipinski definition) is 4. The van der Waals surface area contributed by atoms with Crippen molar-refractivity contribution in [2.75, 3.05) is 19.6 Å². The highest BCUT2D eigenvalue weighted by Crippen LogP contribution is 2.15. The fourth-order valence-electron chi connectivity index (χ4n) is 1.73. The summed E-state index contributed by atoms with van der Waals surface area (Å²) in [7, 11) is -1.98. The van der Waals surface area contributed by atoms with Crippen LogP contribution in [0.25, 0.3) is 0 Å². The molecule has 0 saturated carbocycles. The number of nitrogens with one attached hydrogen (secondary N) is 1. The van der Waals surface area contributed by atoms with Crippen LogP contribution in [-0.4, -0.2) is 48.0 Å². The molecule has 7 nitrogen and oxygen atoms in total. The largest absolute Gasteiger partial charge is 0.355 e. The second-order valence-corrected chi connectivity index (χ2v) is 5.68. The molecule has 1 fully saturated rings. The average Bonchev–Trinajstić information content (AvgIpc) is 2.57. The zero-order valence-corrected chi connectivity index (χ0v) is 10.3. The fourth-order valence-corrected chi connectivity index (χ4v) is 3.28. The molecule has 1 aliphatic heterocycles. The summed E-state index contributed by atoms with van der Waals surface area (Å²) in [6.07, 6.45) is 1.63.